The van der Waals surface area contributed by atoms with Crippen molar-refractivity contribution in [3.63, 3.8) is 0 Å². The lowest BCUT2D eigenvalue weighted by atomic mass is 10.0. The van der Waals surface area contributed by atoms with Crippen LogP contribution in [0.4, 0.5) is 0 Å². The van der Waals surface area contributed by atoms with E-state index < -0.39 is 0 Å². The van der Waals surface area contributed by atoms with E-state index in [1.807, 2.05) is 0 Å². The maximum atomic E-state index is 11.9. The summed E-state index contributed by atoms with van der Waals surface area (Å²) >= 11 is 0. The van der Waals surface area contributed by atoms with E-state index in [-0.39, 0.29) is 35.6 Å². The van der Waals surface area contributed by atoms with Crippen molar-refractivity contribution in [2.45, 2.75) is 26.2 Å². The van der Waals surface area contributed by atoms with Gasteiger partial charge in [0, 0.05) is 31.7 Å². The second-order valence-corrected chi connectivity index (χ2v) is 6.09. The van der Waals surface area contributed by atoms with Crippen molar-refractivity contribution < 1.29 is 9.90 Å². The summed E-state index contributed by atoms with van der Waals surface area (Å²) in [5, 5.41) is 12.2. The number of carbonyl (C=O) groups excluding carboxylic acids is 1. The number of likely N-dealkylation sites (tertiary alicyclic amines) is 1. The van der Waals surface area contributed by atoms with E-state index in [1.165, 1.54) is 18.6 Å². The van der Waals surface area contributed by atoms with Crippen LogP contribution in [0.5, 0.6) is 5.75 Å². The highest BCUT2D eigenvalue weighted by atomic mass is 127. The van der Waals surface area contributed by atoms with Gasteiger partial charge in [-0.2, -0.15) is 0 Å². The minimum atomic E-state index is -0.192. The van der Waals surface area contributed by atoms with Crippen LogP contribution in [0, 0.1) is 5.92 Å². The summed E-state index contributed by atoms with van der Waals surface area (Å²) in [4.78, 5) is 18.4. The highest BCUT2D eigenvalue weighted by molar-refractivity contribution is 14.0. The third-order valence-electron chi connectivity index (χ3n) is 3.98. The molecule has 0 spiro atoms. The number of carbonyl (C=O) groups is 1. The zero-order valence-corrected chi connectivity index (χ0v) is 16.4. The van der Waals surface area contributed by atoms with Crippen LogP contribution in [0.3, 0.4) is 0 Å². The first-order chi connectivity index (χ1) is 11.1. The second-order valence-electron chi connectivity index (χ2n) is 6.09. The first kappa shape index (κ1) is 20.5. The predicted octanol–water partition coefficient (Wildman–Crippen LogP) is 2.18. The molecule has 1 heterocycles. The summed E-state index contributed by atoms with van der Waals surface area (Å²) in [5.41, 5.74) is 6.48. The maximum absolute atomic E-state index is 11.9. The molecule has 0 bridgehead atoms. The molecular formula is C17H27IN4O2. The first-order valence-electron chi connectivity index (χ1n) is 8.18. The van der Waals surface area contributed by atoms with Gasteiger partial charge < -0.3 is 21.1 Å². The fourth-order valence-electron chi connectivity index (χ4n) is 2.72. The van der Waals surface area contributed by atoms with Gasteiger partial charge in [0.05, 0.1) is 0 Å². The predicted molar refractivity (Wildman–Crippen MR) is 107 cm³/mol. The monoisotopic (exact) mass is 446 g/mol. The molecule has 4 N–H and O–H groups in total. The van der Waals surface area contributed by atoms with E-state index in [9.17, 15) is 9.90 Å². The van der Waals surface area contributed by atoms with Crippen molar-refractivity contribution in [3.05, 3.63) is 29.8 Å². The zero-order chi connectivity index (χ0) is 16.7. The fraction of sp³-hybridized carbons (Fsp3) is 0.529. The van der Waals surface area contributed by atoms with Crippen LogP contribution in [0.1, 0.15) is 36.5 Å². The van der Waals surface area contributed by atoms with E-state index in [2.05, 4.69) is 22.1 Å². The highest BCUT2D eigenvalue weighted by Crippen LogP contribution is 2.14. The Morgan fingerprint density at radius 1 is 1.50 bits per heavy atom. The smallest absolute Gasteiger partial charge is 0.251 e. The van der Waals surface area contributed by atoms with E-state index in [0.717, 1.165) is 25.9 Å². The molecule has 134 valence electrons. The number of amides is 1. The van der Waals surface area contributed by atoms with Crippen molar-refractivity contribution in [2.24, 2.45) is 16.6 Å². The van der Waals surface area contributed by atoms with Crippen LogP contribution >= 0.6 is 24.0 Å². The fourth-order valence-corrected chi connectivity index (χ4v) is 2.72. The largest absolute Gasteiger partial charge is 0.508 e. The molecular weight excluding hydrogens is 419 g/mol. The number of piperidine rings is 1. The number of aromatic hydroxyl groups is 1. The first-order valence-corrected chi connectivity index (χ1v) is 8.18. The number of nitrogens with one attached hydrogen (secondary N) is 1. The lowest BCUT2D eigenvalue weighted by Crippen LogP contribution is -2.43. The van der Waals surface area contributed by atoms with E-state index >= 15 is 0 Å². The van der Waals surface area contributed by atoms with Crippen LogP contribution in [0.15, 0.2) is 29.3 Å². The lowest BCUT2D eigenvalue weighted by molar-refractivity contribution is 0.0953. The second kappa shape index (κ2) is 10.4. The van der Waals surface area contributed by atoms with Crippen LogP contribution in [0.25, 0.3) is 0 Å². The molecule has 1 aromatic carbocycles. The Balaban J connectivity index is 0.00000288. The number of phenolic OH excluding ortho intramolecular Hbond substituents is 1. The molecule has 1 unspecified atom stereocenters. The van der Waals surface area contributed by atoms with E-state index in [1.54, 1.807) is 12.1 Å². The molecule has 0 aliphatic carbocycles. The van der Waals surface area contributed by atoms with Crippen LogP contribution in [-0.2, 0) is 0 Å². The molecule has 1 aromatic rings. The van der Waals surface area contributed by atoms with Gasteiger partial charge in [-0.05, 0) is 43.4 Å². The van der Waals surface area contributed by atoms with E-state index in [0.29, 0.717) is 30.5 Å². The molecule has 0 aromatic heterocycles. The summed E-state index contributed by atoms with van der Waals surface area (Å²) in [6.07, 6.45) is 3.15. The van der Waals surface area contributed by atoms with Crippen LogP contribution in [-0.4, -0.2) is 48.1 Å². The molecule has 24 heavy (non-hydrogen) atoms. The standard InChI is InChI=1S/C17H26N4O2.HI/c1-13-5-3-10-21(12-13)17(18)20-9-4-8-19-16(23)14-6-2-7-15(22)11-14;/h2,6-7,11,13,22H,3-5,8-10,12H2,1H3,(H2,18,20)(H,19,23);1H. The third-order valence-corrected chi connectivity index (χ3v) is 3.98. The molecule has 7 heteroatoms. The number of nitrogens with two attached hydrogens (primary N) is 1. The van der Waals surface area contributed by atoms with Gasteiger partial charge in [0.2, 0.25) is 0 Å². The molecule has 1 aliphatic heterocycles. The number of nitrogens with zero attached hydrogens (tertiary/aromatic N) is 2. The van der Waals surface area contributed by atoms with Gasteiger partial charge in [-0.1, -0.05) is 13.0 Å². The molecule has 1 saturated heterocycles. The molecule has 1 atom stereocenters. The Morgan fingerprint density at radius 3 is 3.00 bits per heavy atom. The molecule has 0 saturated carbocycles. The van der Waals surface area contributed by atoms with Gasteiger partial charge in [0.15, 0.2) is 5.96 Å². The number of rotatable bonds is 5. The molecule has 1 aliphatic rings. The number of benzene rings is 1. The topological polar surface area (TPSA) is 91.0 Å². The van der Waals surface area contributed by atoms with Crippen molar-refractivity contribution in [1.82, 2.24) is 10.2 Å². The third kappa shape index (κ3) is 6.54. The molecule has 1 fully saturated rings. The minimum absolute atomic E-state index is 0. The Hall–Kier alpha value is -1.51. The lowest BCUT2D eigenvalue weighted by Gasteiger charge is -2.31. The Morgan fingerprint density at radius 2 is 2.29 bits per heavy atom. The van der Waals surface area contributed by atoms with Crippen molar-refractivity contribution in [1.29, 1.82) is 0 Å². The molecule has 1 amide bonds. The Kier molecular flexibility index (Phi) is 8.88. The minimum Gasteiger partial charge on any atom is -0.508 e. The summed E-state index contributed by atoms with van der Waals surface area (Å²) in [6, 6.07) is 6.30. The highest BCUT2D eigenvalue weighted by Gasteiger charge is 2.17. The number of phenols is 1. The SMILES string of the molecule is CC1CCCN(C(N)=NCCCNC(=O)c2cccc(O)c2)C1.I. The van der Waals surface area contributed by atoms with Gasteiger partial charge >= 0.3 is 0 Å². The maximum Gasteiger partial charge on any atom is 0.251 e. The number of halogens is 1. The van der Waals surface area contributed by atoms with Gasteiger partial charge in [0.1, 0.15) is 5.75 Å². The van der Waals surface area contributed by atoms with Crippen molar-refractivity contribution in [2.75, 3.05) is 26.2 Å². The molecule has 6 nitrogen and oxygen atoms in total. The van der Waals surface area contributed by atoms with Crippen molar-refractivity contribution in [3.8, 4) is 5.75 Å². The average Bonchev–Trinajstić information content (AvgIpc) is 2.54. The summed E-state index contributed by atoms with van der Waals surface area (Å²) < 4.78 is 0. The Bertz CT molecular complexity index is 565. The van der Waals surface area contributed by atoms with Gasteiger partial charge in [-0.25, -0.2) is 0 Å². The van der Waals surface area contributed by atoms with Gasteiger partial charge in [-0.3, -0.25) is 9.79 Å². The number of guanidine groups is 1. The van der Waals surface area contributed by atoms with Crippen LogP contribution in [0.2, 0.25) is 0 Å². The van der Waals surface area contributed by atoms with E-state index in [4.69, 9.17) is 5.73 Å². The van der Waals surface area contributed by atoms with Crippen molar-refractivity contribution >= 4 is 35.8 Å². The average molecular weight is 446 g/mol. The summed E-state index contributed by atoms with van der Waals surface area (Å²) in [7, 11) is 0. The number of hydrogen-bond donors (Lipinski definition) is 3. The quantitative estimate of drug-likeness (QED) is 0.280. The normalized spacial score (nSPS) is 18.0. The van der Waals surface area contributed by atoms with Crippen LogP contribution < -0.4 is 11.1 Å². The molecule has 2 rings (SSSR count). The number of hydrogen-bond acceptors (Lipinski definition) is 3. The zero-order valence-electron chi connectivity index (χ0n) is 14.1. The van der Waals surface area contributed by atoms with Gasteiger partial charge in [0.25, 0.3) is 5.91 Å². The Labute approximate surface area is 160 Å². The number of aliphatic imine (C=N–C) groups is 1. The summed E-state index contributed by atoms with van der Waals surface area (Å²) in [5.74, 6) is 1.17. The molecule has 0 radical (unpaired) electrons. The summed E-state index contributed by atoms with van der Waals surface area (Å²) in [6.45, 7) is 5.31. The van der Waals surface area contributed by atoms with Gasteiger partial charge in [-0.15, -0.1) is 24.0 Å².